The second-order valence-electron chi connectivity index (χ2n) is 2.32. The molecular formula is C7H6N2OS2. The van der Waals surface area contributed by atoms with E-state index in [0.717, 1.165) is 10.3 Å². The second-order valence-corrected chi connectivity index (χ2v) is 4.04. The van der Waals surface area contributed by atoms with Gasteiger partial charge in [-0.15, -0.1) is 11.3 Å². The van der Waals surface area contributed by atoms with Crippen molar-refractivity contribution in [1.29, 1.82) is 0 Å². The Morgan fingerprint density at radius 1 is 1.58 bits per heavy atom. The van der Waals surface area contributed by atoms with Crippen molar-refractivity contribution in [3.8, 4) is 0 Å². The van der Waals surface area contributed by atoms with Crippen LogP contribution in [0.25, 0.3) is 10.3 Å². The smallest absolute Gasteiger partial charge is 0.160 e. The van der Waals surface area contributed by atoms with Crippen LogP contribution in [0.4, 0.5) is 0 Å². The molecule has 2 N–H and O–H groups in total. The number of aromatic nitrogens is 2. The van der Waals surface area contributed by atoms with Gasteiger partial charge in [0.15, 0.2) is 3.95 Å². The summed E-state index contributed by atoms with van der Waals surface area (Å²) in [6, 6.07) is 3.70. The predicted octanol–water partition coefficient (Wildman–Crippen LogP) is 1.85. The summed E-state index contributed by atoms with van der Waals surface area (Å²) < 4.78 is 1.74. The second kappa shape index (κ2) is 2.93. The fourth-order valence-electron chi connectivity index (χ4n) is 0.969. The number of hydrogen-bond donors (Lipinski definition) is 2. The Balaban J connectivity index is 2.74. The maximum Gasteiger partial charge on any atom is 0.160 e. The van der Waals surface area contributed by atoms with Gasteiger partial charge in [-0.05, 0) is 24.4 Å². The number of nitrogens with zero attached hydrogens (tertiary/aromatic N) is 1. The van der Waals surface area contributed by atoms with Crippen molar-refractivity contribution >= 4 is 33.9 Å². The number of thiazole rings is 1. The Kier molecular flexibility index (Phi) is 1.92. The molecule has 3 nitrogen and oxygen atoms in total. The fraction of sp³-hybridized carbons (Fsp3) is 0.143. The summed E-state index contributed by atoms with van der Waals surface area (Å²) in [7, 11) is 0. The fourth-order valence-corrected chi connectivity index (χ4v) is 2.01. The van der Waals surface area contributed by atoms with Crippen LogP contribution in [-0.2, 0) is 6.61 Å². The minimum absolute atomic E-state index is 0.0353. The molecule has 2 aromatic rings. The van der Waals surface area contributed by atoms with Crippen LogP contribution in [0.15, 0.2) is 12.1 Å². The van der Waals surface area contributed by atoms with Crippen molar-refractivity contribution in [1.82, 2.24) is 9.97 Å². The monoisotopic (exact) mass is 198 g/mol. The Morgan fingerprint density at radius 3 is 3.17 bits per heavy atom. The molecule has 0 aromatic carbocycles. The lowest BCUT2D eigenvalue weighted by Gasteiger charge is -1.92. The quantitative estimate of drug-likeness (QED) is 0.687. The molecule has 2 heterocycles. The molecule has 0 spiro atoms. The summed E-state index contributed by atoms with van der Waals surface area (Å²) in [6.07, 6.45) is 0. The number of aromatic amines is 1. The Morgan fingerprint density at radius 2 is 2.42 bits per heavy atom. The molecule has 0 amide bonds. The summed E-state index contributed by atoms with van der Waals surface area (Å²) in [5.74, 6) is 0. The molecule has 0 aliphatic heterocycles. The zero-order chi connectivity index (χ0) is 8.55. The van der Waals surface area contributed by atoms with Crippen LogP contribution in [0.2, 0.25) is 0 Å². The van der Waals surface area contributed by atoms with Gasteiger partial charge in [-0.3, -0.25) is 0 Å². The molecule has 0 unspecified atom stereocenters. The summed E-state index contributed by atoms with van der Waals surface area (Å²) in [6.45, 7) is -0.0353. The van der Waals surface area contributed by atoms with E-state index in [0.29, 0.717) is 9.65 Å². The number of H-pyrrole nitrogens is 1. The number of fused-ring (bicyclic) bond motifs is 1. The van der Waals surface area contributed by atoms with Crippen LogP contribution < -0.4 is 0 Å². The van der Waals surface area contributed by atoms with Gasteiger partial charge in [0.05, 0.1) is 17.0 Å². The van der Waals surface area contributed by atoms with Crippen molar-refractivity contribution in [3.63, 3.8) is 0 Å². The zero-order valence-corrected chi connectivity index (χ0v) is 7.71. The van der Waals surface area contributed by atoms with E-state index in [1.165, 1.54) is 11.3 Å². The summed E-state index contributed by atoms with van der Waals surface area (Å²) in [5.41, 5.74) is 1.42. The van der Waals surface area contributed by atoms with E-state index in [2.05, 4.69) is 9.97 Å². The lowest BCUT2D eigenvalue weighted by molar-refractivity contribution is 0.277. The van der Waals surface area contributed by atoms with Gasteiger partial charge < -0.3 is 10.1 Å². The third-order valence-corrected chi connectivity index (χ3v) is 2.69. The minimum atomic E-state index is -0.0353. The molecule has 0 fully saturated rings. The molecule has 0 saturated heterocycles. The third kappa shape index (κ3) is 1.26. The van der Waals surface area contributed by atoms with Crippen LogP contribution in [0.5, 0.6) is 0 Å². The first-order valence-corrected chi connectivity index (χ1v) is 4.61. The number of rotatable bonds is 1. The lowest BCUT2D eigenvalue weighted by Crippen LogP contribution is -1.87. The Labute approximate surface area is 77.7 Å². The lowest BCUT2D eigenvalue weighted by atomic mass is 10.4. The normalized spacial score (nSPS) is 10.8. The van der Waals surface area contributed by atoms with Gasteiger partial charge in [0.2, 0.25) is 0 Å². The summed E-state index contributed by atoms with van der Waals surface area (Å²) >= 11 is 6.44. The van der Waals surface area contributed by atoms with Crippen LogP contribution in [0.3, 0.4) is 0 Å². The SMILES string of the molecule is OCc1ccc2sc(=S)[nH]c2n1. The average molecular weight is 198 g/mol. The van der Waals surface area contributed by atoms with E-state index in [9.17, 15) is 0 Å². The maximum atomic E-state index is 8.80. The molecule has 2 aromatic heterocycles. The van der Waals surface area contributed by atoms with E-state index >= 15 is 0 Å². The highest BCUT2D eigenvalue weighted by Gasteiger charge is 1.98. The molecule has 0 aliphatic carbocycles. The molecule has 62 valence electrons. The highest BCUT2D eigenvalue weighted by Crippen LogP contribution is 2.17. The van der Waals surface area contributed by atoms with E-state index in [-0.39, 0.29) is 6.61 Å². The predicted molar refractivity (Wildman–Crippen MR) is 50.7 cm³/mol. The first-order chi connectivity index (χ1) is 5.79. The zero-order valence-electron chi connectivity index (χ0n) is 6.07. The van der Waals surface area contributed by atoms with Gasteiger partial charge >= 0.3 is 0 Å². The molecule has 2 rings (SSSR count). The van der Waals surface area contributed by atoms with Gasteiger partial charge in [-0.1, -0.05) is 0 Å². The number of hydrogen-bond acceptors (Lipinski definition) is 4. The van der Waals surface area contributed by atoms with Crippen molar-refractivity contribution in [2.45, 2.75) is 6.61 Å². The van der Waals surface area contributed by atoms with Gasteiger partial charge in [0, 0.05) is 0 Å². The van der Waals surface area contributed by atoms with Crippen molar-refractivity contribution in [2.75, 3.05) is 0 Å². The minimum Gasteiger partial charge on any atom is -0.390 e. The Hall–Kier alpha value is -0.780. The molecule has 0 aliphatic rings. The number of nitrogens with one attached hydrogen (secondary N) is 1. The highest BCUT2D eigenvalue weighted by molar-refractivity contribution is 7.73. The van der Waals surface area contributed by atoms with Crippen molar-refractivity contribution in [3.05, 3.63) is 21.8 Å². The topological polar surface area (TPSA) is 48.9 Å². The molecular weight excluding hydrogens is 192 g/mol. The highest BCUT2D eigenvalue weighted by atomic mass is 32.1. The molecule has 0 saturated carbocycles. The standard InChI is InChI=1S/C7H6N2OS2/c10-3-4-1-2-5-6(8-4)9-7(11)12-5/h1-2,10H,3H2,(H,8,9,11). The molecule has 0 radical (unpaired) electrons. The molecule has 0 atom stereocenters. The van der Waals surface area contributed by atoms with Crippen molar-refractivity contribution < 1.29 is 5.11 Å². The van der Waals surface area contributed by atoms with Gasteiger partial charge in [0.25, 0.3) is 0 Å². The van der Waals surface area contributed by atoms with Crippen LogP contribution in [0.1, 0.15) is 5.69 Å². The number of aliphatic hydroxyl groups excluding tert-OH is 1. The van der Waals surface area contributed by atoms with Gasteiger partial charge in [0.1, 0.15) is 5.65 Å². The van der Waals surface area contributed by atoms with Crippen LogP contribution in [0, 0.1) is 3.95 Å². The van der Waals surface area contributed by atoms with Gasteiger partial charge in [-0.2, -0.15) is 0 Å². The van der Waals surface area contributed by atoms with Gasteiger partial charge in [-0.25, -0.2) is 4.98 Å². The average Bonchev–Trinajstić information content (AvgIpc) is 2.43. The molecule has 0 bridgehead atoms. The first-order valence-electron chi connectivity index (χ1n) is 3.39. The maximum absolute atomic E-state index is 8.80. The summed E-state index contributed by atoms with van der Waals surface area (Å²) in [5, 5.41) is 8.80. The third-order valence-electron chi connectivity index (χ3n) is 1.50. The molecule has 5 heteroatoms. The van der Waals surface area contributed by atoms with Crippen LogP contribution >= 0.6 is 23.6 Å². The first kappa shape index (κ1) is 7.85. The van der Waals surface area contributed by atoms with Crippen molar-refractivity contribution in [2.24, 2.45) is 0 Å². The number of aliphatic hydroxyl groups is 1. The number of pyridine rings is 1. The summed E-state index contributed by atoms with van der Waals surface area (Å²) in [4.78, 5) is 7.10. The largest absolute Gasteiger partial charge is 0.390 e. The molecule has 12 heavy (non-hydrogen) atoms. The van der Waals surface area contributed by atoms with Crippen LogP contribution in [-0.4, -0.2) is 15.1 Å². The van der Waals surface area contributed by atoms with E-state index in [1.54, 1.807) is 6.07 Å². The van der Waals surface area contributed by atoms with E-state index < -0.39 is 0 Å². The Bertz CT molecular complexity index is 460. The van der Waals surface area contributed by atoms with E-state index in [1.807, 2.05) is 6.07 Å². The van der Waals surface area contributed by atoms with E-state index in [4.69, 9.17) is 17.3 Å².